The maximum atomic E-state index is 12.7. The minimum atomic E-state index is -0.180. The van der Waals surface area contributed by atoms with Crippen LogP contribution in [0.3, 0.4) is 0 Å². The lowest BCUT2D eigenvalue weighted by Gasteiger charge is -2.22. The van der Waals surface area contributed by atoms with Crippen LogP contribution in [0, 0.1) is 0 Å². The second-order valence-corrected chi connectivity index (χ2v) is 5.11. The summed E-state index contributed by atoms with van der Waals surface area (Å²) in [4.78, 5) is 14.3. The molecule has 0 aliphatic rings. The largest absolute Gasteiger partial charge is 0.383 e. The summed E-state index contributed by atoms with van der Waals surface area (Å²) < 4.78 is 8.25. The third-order valence-corrected chi connectivity index (χ3v) is 3.36. The van der Waals surface area contributed by atoms with Gasteiger partial charge in [-0.05, 0) is 0 Å². The Bertz CT molecular complexity index is 602. The van der Waals surface area contributed by atoms with Gasteiger partial charge in [0.05, 0.1) is 24.0 Å². The van der Waals surface area contributed by atoms with Crippen LogP contribution >= 0.6 is 11.6 Å². The number of nitrogens with zero attached hydrogens (tertiary/aromatic N) is 5. The van der Waals surface area contributed by atoms with Gasteiger partial charge in [0.15, 0.2) is 0 Å². The van der Waals surface area contributed by atoms with Crippen molar-refractivity contribution in [1.29, 1.82) is 0 Å². The topological polar surface area (TPSA) is 65.2 Å². The van der Waals surface area contributed by atoms with E-state index in [-0.39, 0.29) is 5.91 Å². The van der Waals surface area contributed by atoms with Crippen molar-refractivity contribution in [3.63, 3.8) is 0 Å². The molecule has 0 spiro atoms. The lowest BCUT2D eigenvalue weighted by atomic mass is 10.3. The van der Waals surface area contributed by atoms with Gasteiger partial charge in [-0.2, -0.15) is 10.2 Å². The van der Waals surface area contributed by atoms with Crippen molar-refractivity contribution < 1.29 is 9.53 Å². The first kappa shape index (κ1) is 15.5. The molecule has 2 aromatic rings. The highest BCUT2D eigenvalue weighted by atomic mass is 35.5. The van der Waals surface area contributed by atoms with Gasteiger partial charge < -0.3 is 9.64 Å². The van der Waals surface area contributed by atoms with Gasteiger partial charge in [0.1, 0.15) is 5.69 Å². The zero-order chi connectivity index (χ0) is 15.4. The second-order valence-electron chi connectivity index (χ2n) is 4.71. The van der Waals surface area contributed by atoms with Crippen LogP contribution in [0.15, 0.2) is 18.6 Å². The Morgan fingerprint density at radius 2 is 2.14 bits per heavy atom. The molecule has 114 valence electrons. The number of methoxy groups -OCH3 is 1. The molecule has 0 fully saturated rings. The maximum absolute atomic E-state index is 12.7. The van der Waals surface area contributed by atoms with E-state index in [1.807, 2.05) is 13.2 Å². The molecule has 1 amide bonds. The zero-order valence-electron chi connectivity index (χ0n) is 12.3. The molecule has 0 atom stereocenters. The van der Waals surface area contributed by atoms with E-state index in [9.17, 15) is 4.79 Å². The molecule has 2 heterocycles. The molecule has 0 radical (unpaired) electrons. The fourth-order valence-electron chi connectivity index (χ4n) is 2.03. The van der Waals surface area contributed by atoms with Gasteiger partial charge in [0.25, 0.3) is 5.91 Å². The predicted molar refractivity (Wildman–Crippen MR) is 78.0 cm³/mol. The van der Waals surface area contributed by atoms with Gasteiger partial charge in [-0.25, -0.2) is 0 Å². The summed E-state index contributed by atoms with van der Waals surface area (Å²) in [5.41, 5.74) is 1.32. The third kappa shape index (κ3) is 3.62. The van der Waals surface area contributed by atoms with Crippen molar-refractivity contribution >= 4 is 17.5 Å². The van der Waals surface area contributed by atoms with Crippen molar-refractivity contribution in [3.8, 4) is 0 Å². The van der Waals surface area contributed by atoms with E-state index < -0.39 is 0 Å². The van der Waals surface area contributed by atoms with E-state index >= 15 is 0 Å². The molecule has 2 rings (SSSR count). The van der Waals surface area contributed by atoms with Crippen molar-refractivity contribution in [3.05, 3.63) is 34.9 Å². The molecule has 0 bridgehead atoms. The molecular weight excluding hydrogens is 294 g/mol. The van der Waals surface area contributed by atoms with Crippen molar-refractivity contribution in [1.82, 2.24) is 24.5 Å². The highest BCUT2D eigenvalue weighted by Crippen LogP contribution is 2.17. The lowest BCUT2D eigenvalue weighted by molar-refractivity contribution is 0.0669. The average molecular weight is 312 g/mol. The van der Waals surface area contributed by atoms with E-state index in [0.717, 1.165) is 5.56 Å². The molecule has 7 nitrogen and oxygen atoms in total. The van der Waals surface area contributed by atoms with Gasteiger partial charge in [0, 0.05) is 46.1 Å². The van der Waals surface area contributed by atoms with E-state index in [1.165, 1.54) is 10.9 Å². The molecule has 0 aromatic carbocycles. The summed E-state index contributed by atoms with van der Waals surface area (Å²) in [7, 11) is 5.13. The standard InChI is InChI=1S/C13H18ClN5O2/c1-17-8-10(6-15-17)9-19(4-5-21-3)13(20)12-11(14)7-16-18(12)2/h6-8H,4-5,9H2,1-3H3. The number of amides is 1. The van der Waals surface area contributed by atoms with Crippen LogP contribution in [0.5, 0.6) is 0 Å². The predicted octanol–water partition coefficient (Wildman–Crippen LogP) is 1.10. The number of hydrogen-bond acceptors (Lipinski definition) is 4. The summed E-state index contributed by atoms with van der Waals surface area (Å²) in [6.07, 6.45) is 5.07. The molecule has 21 heavy (non-hydrogen) atoms. The molecule has 0 N–H and O–H groups in total. The first-order chi connectivity index (χ1) is 10.0. The number of halogens is 1. The van der Waals surface area contributed by atoms with Crippen molar-refractivity contribution in [2.75, 3.05) is 20.3 Å². The fraction of sp³-hybridized carbons (Fsp3) is 0.462. The van der Waals surface area contributed by atoms with Crippen molar-refractivity contribution in [2.24, 2.45) is 14.1 Å². The molecule has 0 saturated heterocycles. The average Bonchev–Trinajstić information content (AvgIpc) is 3.00. The molecule has 2 aromatic heterocycles. The van der Waals surface area contributed by atoms with E-state index in [2.05, 4.69) is 10.2 Å². The number of carbonyl (C=O) groups is 1. The van der Waals surface area contributed by atoms with Gasteiger partial charge in [0.2, 0.25) is 0 Å². The minimum absolute atomic E-state index is 0.180. The van der Waals surface area contributed by atoms with Gasteiger partial charge in [-0.3, -0.25) is 14.2 Å². The second kappa shape index (κ2) is 6.73. The molecule has 0 aliphatic heterocycles. The highest BCUT2D eigenvalue weighted by Gasteiger charge is 2.22. The molecule has 8 heteroatoms. The molecular formula is C13H18ClN5O2. The fourth-order valence-corrected chi connectivity index (χ4v) is 2.28. The lowest BCUT2D eigenvalue weighted by Crippen LogP contribution is -2.34. The van der Waals surface area contributed by atoms with Gasteiger partial charge in [-0.1, -0.05) is 11.6 Å². The molecule has 0 aliphatic carbocycles. The number of carbonyl (C=O) groups excluding carboxylic acids is 1. The summed E-state index contributed by atoms with van der Waals surface area (Å²) in [5.74, 6) is -0.180. The smallest absolute Gasteiger partial charge is 0.274 e. The van der Waals surface area contributed by atoms with Crippen LogP contribution in [0.1, 0.15) is 16.1 Å². The van der Waals surface area contributed by atoms with Crippen molar-refractivity contribution in [2.45, 2.75) is 6.54 Å². The van der Waals surface area contributed by atoms with Crippen LogP contribution < -0.4 is 0 Å². The Morgan fingerprint density at radius 1 is 1.38 bits per heavy atom. The first-order valence-corrected chi connectivity index (χ1v) is 6.84. The number of aromatic nitrogens is 4. The number of rotatable bonds is 6. The van der Waals surface area contributed by atoms with E-state index in [1.54, 1.807) is 29.9 Å². The maximum Gasteiger partial charge on any atom is 0.274 e. The Kier molecular flexibility index (Phi) is 4.98. The molecule has 0 saturated carbocycles. The van der Waals surface area contributed by atoms with Crippen LogP contribution in [0.4, 0.5) is 0 Å². The van der Waals surface area contributed by atoms with E-state index in [4.69, 9.17) is 16.3 Å². The summed E-state index contributed by atoms with van der Waals surface area (Å²) in [6.45, 7) is 1.35. The summed E-state index contributed by atoms with van der Waals surface area (Å²) in [5, 5.41) is 8.46. The zero-order valence-corrected chi connectivity index (χ0v) is 13.0. The minimum Gasteiger partial charge on any atom is -0.383 e. The SMILES string of the molecule is COCCN(Cc1cnn(C)c1)C(=O)c1c(Cl)cnn1C. The Balaban J connectivity index is 2.20. The number of hydrogen-bond donors (Lipinski definition) is 0. The third-order valence-electron chi connectivity index (χ3n) is 3.08. The Morgan fingerprint density at radius 3 is 2.67 bits per heavy atom. The number of ether oxygens (including phenoxy) is 1. The van der Waals surface area contributed by atoms with Crippen LogP contribution in [-0.2, 0) is 25.4 Å². The van der Waals surface area contributed by atoms with E-state index in [0.29, 0.717) is 30.4 Å². The van der Waals surface area contributed by atoms with Crippen LogP contribution in [0.25, 0.3) is 0 Å². The molecule has 0 unspecified atom stereocenters. The van der Waals surface area contributed by atoms with Crippen LogP contribution in [0.2, 0.25) is 5.02 Å². The van der Waals surface area contributed by atoms with Crippen LogP contribution in [-0.4, -0.2) is 50.6 Å². The number of aryl methyl sites for hydroxylation is 2. The Labute approximate surface area is 128 Å². The highest BCUT2D eigenvalue weighted by molar-refractivity contribution is 6.33. The monoisotopic (exact) mass is 311 g/mol. The van der Waals surface area contributed by atoms with Gasteiger partial charge in [-0.15, -0.1) is 0 Å². The normalized spacial score (nSPS) is 10.9. The first-order valence-electron chi connectivity index (χ1n) is 6.46. The van der Waals surface area contributed by atoms with Gasteiger partial charge >= 0.3 is 0 Å². The quantitative estimate of drug-likeness (QED) is 0.801. The summed E-state index contributed by atoms with van der Waals surface area (Å²) >= 11 is 6.05. The Hall–Kier alpha value is -1.86. The summed E-state index contributed by atoms with van der Waals surface area (Å²) in [6, 6.07) is 0.